The second-order valence-electron chi connectivity index (χ2n) is 3.56. The molecular formula is C11H14BrN3O2. The third-order valence-electron chi connectivity index (χ3n) is 2.25. The van der Waals surface area contributed by atoms with Gasteiger partial charge in [-0.25, -0.2) is 0 Å². The highest BCUT2D eigenvalue weighted by Crippen LogP contribution is 2.23. The predicted molar refractivity (Wildman–Crippen MR) is 66.6 cm³/mol. The lowest BCUT2D eigenvalue weighted by molar-refractivity contribution is 0.467. The van der Waals surface area contributed by atoms with Crippen LogP contribution in [0.4, 0.5) is 0 Å². The number of hydrogen-bond acceptors (Lipinski definition) is 5. The molecule has 0 bridgehead atoms. The number of furan rings is 1. The molecule has 5 nitrogen and oxygen atoms in total. The predicted octanol–water partition coefficient (Wildman–Crippen LogP) is 2.63. The third-order valence-corrected chi connectivity index (χ3v) is 2.67. The lowest BCUT2D eigenvalue weighted by Gasteiger charge is -1.97. The molecule has 0 amide bonds. The van der Waals surface area contributed by atoms with Crippen molar-refractivity contribution in [3.63, 3.8) is 0 Å². The zero-order valence-corrected chi connectivity index (χ0v) is 11.2. The Labute approximate surface area is 108 Å². The van der Waals surface area contributed by atoms with Crippen LogP contribution in [0, 0.1) is 0 Å². The number of aryl methyl sites for hydroxylation is 1. The lowest BCUT2D eigenvalue weighted by atomic mass is 10.3. The molecule has 1 N–H and O–H groups in total. The largest absolute Gasteiger partial charge is 0.444 e. The summed E-state index contributed by atoms with van der Waals surface area (Å²) < 4.78 is 11.5. The van der Waals surface area contributed by atoms with E-state index in [9.17, 15) is 0 Å². The first kappa shape index (κ1) is 12.3. The number of hydrogen-bond donors (Lipinski definition) is 1. The number of halogens is 1. The van der Waals surface area contributed by atoms with E-state index in [0.717, 1.165) is 25.9 Å². The maximum Gasteiger partial charge on any atom is 0.283 e. The van der Waals surface area contributed by atoms with Gasteiger partial charge in [0.2, 0.25) is 5.89 Å². The van der Waals surface area contributed by atoms with Gasteiger partial charge in [-0.1, -0.05) is 6.92 Å². The molecule has 0 fully saturated rings. The van der Waals surface area contributed by atoms with Gasteiger partial charge in [0.05, 0.1) is 0 Å². The SMILES string of the molecule is CCNCCCc1nnc(-c2ccc(Br)o2)o1. The highest BCUT2D eigenvalue weighted by molar-refractivity contribution is 9.10. The molecule has 2 aromatic rings. The zero-order valence-electron chi connectivity index (χ0n) is 9.57. The molecule has 92 valence electrons. The Morgan fingerprint density at radius 1 is 1.29 bits per heavy atom. The molecule has 0 atom stereocenters. The fourth-order valence-electron chi connectivity index (χ4n) is 1.42. The van der Waals surface area contributed by atoms with Crippen molar-refractivity contribution in [3.8, 4) is 11.7 Å². The topological polar surface area (TPSA) is 64.1 Å². The summed E-state index contributed by atoms with van der Waals surface area (Å²) in [5.74, 6) is 1.65. The van der Waals surface area contributed by atoms with Crippen molar-refractivity contribution in [1.29, 1.82) is 0 Å². The maximum absolute atomic E-state index is 5.50. The Morgan fingerprint density at radius 3 is 2.88 bits per heavy atom. The highest BCUT2D eigenvalue weighted by atomic mass is 79.9. The van der Waals surface area contributed by atoms with E-state index in [4.69, 9.17) is 8.83 Å². The average Bonchev–Trinajstić information content (AvgIpc) is 2.93. The van der Waals surface area contributed by atoms with E-state index in [1.54, 1.807) is 12.1 Å². The van der Waals surface area contributed by atoms with Gasteiger partial charge < -0.3 is 14.2 Å². The summed E-state index contributed by atoms with van der Waals surface area (Å²) in [5, 5.41) is 11.2. The number of nitrogens with zero attached hydrogens (tertiary/aromatic N) is 2. The molecule has 0 saturated heterocycles. The molecule has 6 heteroatoms. The summed E-state index contributed by atoms with van der Waals surface area (Å²) >= 11 is 3.23. The molecule has 0 saturated carbocycles. The van der Waals surface area contributed by atoms with Crippen molar-refractivity contribution in [1.82, 2.24) is 15.5 Å². The van der Waals surface area contributed by atoms with Gasteiger partial charge in [-0.15, -0.1) is 10.2 Å². The van der Waals surface area contributed by atoms with E-state index in [2.05, 4.69) is 38.4 Å². The molecule has 0 aliphatic heterocycles. The van der Waals surface area contributed by atoms with E-state index in [1.807, 2.05) is 0 Å². The van der Waals surface area contributed by atoms with Crippen molar-refractivity contribution < 1.29 is 8.83 Å². The molecule has 0 aliphatic rings. The number of aromatic nitrogens is 2. The van der Waals surface area contributed by atoms with Gasteiger partial charge in [0.15, 0.2) is 10.4 Å². The smallest absolute Gasteiger partial charge is 0.283 e. The Morgan fingerprint density at radius 2 is 2.18 bits per heavy atom. The first-order valence-corrected chi connectivity index (χ1v) is 6.37. The van der Waals surface area contributed by atoms with Gasteiger partial charge in [-0.2, -0.15) is 0 Å². The van der Waals surface area contributed by atoms with Crippen LogP contribution >= 0.6 is 15.9 Å². The fourth-order valence-corrected chi connectivity index (χ4v) is 1.73. The quantitative estimate of drug-likeness (QED) is 0.831. The van der Waals surface area contributed by atoms with Crippen LogP contribution in [0.2, 0.25) is 0 Å². The van der Waals surface area contributed by atoms with E-state index < -0.39 is 0 Å². The lowest BCUT2D eigenvalue weighted by Crippen LogP contribution is -2.14. The molecule has 2 heterocycles. The molecule has 2 rings (SSSR count). The second-order valence-corrected chi connectivity index (χ2v) is 4.34. The Kier molecular flexibility index (Phi) is 4.33. The number of rotatable bonds is 6. The van der Waals surface area contributed by atoms with Gasteiger partial charge in [0.25, 0.3) is 5.89 Å². The van der Waals surface area contributed by atoms with E-state index in [1.165, 1.54) is 0 Å². The highest BCUT2D eigenvalue weighted by Gasteiger charge is 2.11. The summed E-state index contributed by atoms with van der Waals surface area (Å²) in [6.07, 6.45) is 1.76. The third kappa shape index (κ3) is 3.41. The van der Waals surface area contributed by atoms with Gasteiger partial charge in [0, 0.05) is 6.42 Å². The summed E-state index contributed by atoms with van der Waals surface area (Å²) in [6, 6.07) is 3.59. The number of nitrogens with one attached hydrogen (secondary N) is 1. The van der Waals surface area contributed by atoms with Crippen LogP contribution < -0.4 is 5.32 Å². The van der Waals surface area contributed by atoms with Crippen molar-refractivity contribution in [2.24, 2.45) is 0 Å². The monoisotopic (exact) mass is 299 g/mol. The summed E-state index contributed by atoms with van der Waals surface area (Å²) in [4.78, 5) is 0. The van der Waals surface area contributed by atoms with E-state index >= 15 is 0 Å². The van der Waals surface area contributed by atoms with Crippen LogP contribution in [0.5, 0.6) is 0 Å². The first-order valence-electron chi connectivity index (χ1n) is 5.58. The average molecular weight is 300 g/mol. The van der Waals surface area contributed by atoms with Crippen LogP contribution in [0.1, 0.15) is 19.2 Å². The van der Waals surface area contributed by atoms with Crippen molar-refractivity contribution in [2.75, 3.05) is 13.1 Å². The normalized spacial score (nSPS) is 10.9. The Hall–Kier alpha value is -1.14. The molecule has 0 unspecified atom stereocenters. The summed E-state index contributed by atoms with van der Waals surface area (Å²) in [6.45, 7) is 4.02. The minimum Gasteiger partial charge on any atom is -0.444 e. The summed E-state index contributed by atoms with van der Waals surface area (Å²) in [5.41, 5.74) is 0. The van der Waals surface area contributed by atoms with Crippen LogP contribution in [0.3, 0.4) is 0 Å². The van der Waals surface area contributed by atoms with Gasteiger partial charge in [-0.05, 0) is 47.6 Å². The molecule has 0 aromatic carbocycles. The fraction of sp³-hybridized carbons (Fsp3) is 0.455. The van der Waals surface area contributed by atoms with Crippen LogP contribution in [-0.2, 0) is 6.42 Å². The standard InChI is InChI=1S/C11H14BrN3O2/c1-2-13-7-3-4-10-14-15-11(17-10)8-5-6-9(12)16-8/h5-6,13H,2-4,7H2,1H3. The minimum atomic E-state index is 0.425. The molecule has 0 aliphatic carbocycles. The molecule has 17 heavy (non-hydrogen) atoms. The second kappa shape index (κ2) is 5.97. The Bertz CT molecular complexity index is 467. The maximum atomic E-state index is 5.50. The van der Waals surface area contributed by atoms with Crippen molar-refractivity contribution in [2.45, 2.75) is 19.8 Å². The van der Waals surface area contributed by atoms with E-state index in [-0.39, 0.29) is 0 Å². The van der Waals surface area contributed by atoms with Crippen LogP contribution in [0.25, 0.3) is 11.7 Å². The van der Waals surface area contributed by atoms with Gasteiger partial charge >= 0.3 is 0 Å². The van der Waals surface area contributed by atoms with Crippen LogP contribution in [-0.4, -0.2) is 23.3 Å². The van der Waals surface area contributed by atoms with Gasteiger partial charge in [-0.3, -0.25) is 0 Å². The van der Waals surface area contributed by atoms with Crippen LogP contribution in [0.15, 0.2) is 25.6 Å². The molecule has 0 radical (unpaired) electrons. The molecule has 2 aromatic heterocycles. The molecule has 0 spiro atoms. The summed E-state index contributed by atoms with van der Waals surface area (Å²) in [7, 11) is 0. The van der Waals surface area contributed by atoms with E-state index in [0.29, 0.717) is 22.2 Å². The van der Waals surface area contributed by atoms with Crippen molar-refractivity contribution >= 4 is 15.9 Å². The Balaban J connectivity index is 1.92. The molecular weight excluding hydrogens is 286 g/mol. The zero-order chi connectivity index (χ0) is 12.1. The van der Waals surface area contributed by atoms with Crippen molar-refractivity contribution in [3.05, 3.63) is 22.7 Å². The first-order chi connectivity index (χ1) is 8.29. The van der Waals surface area contributed by atoms with Gasteiger partial charge in [0.1, 0.15) is 0 Å². The minimum absolute atomic E-state index is 0.425.